The molecule has 0 spiro atoms. The minimum absolute atomic E-state index is 2.67. The van der Waals surface area contributed by atoms with Gasteiger partial charge in [-0.25, -0.2) is 0 Å². The van der Waals surface area contributed by atoms with E-state index in [0.29, 0.717) is 0 Å². The minimum atomic E-state index is -2.67. The Labute approximate surface area is 83.2 Å². The van der Waals surface area contributed by atoms with Crippen molar-refractivity contribution >= 4 is 85.4 Å². The van der Waals surface area contributed by atoms with Crippen molar-refractivity contribution in [3.8, 4) is 0 Å². The van der Waals surface area contributed by atoms with Crippen LogP contribution >= 0.6 is 85.4 Å². The molecule has 7 heteroatoms. The van der Waals surface area contributed by atoms with Crippen LogP contribution in [0.15, 0.2) is 0 Å². The van der Waals surface area contributed by atoms with Gasteiger partial charge in [-0.05, 0) is 0 Å². The van der Waals surface area contributed by atoms with E-state index in [0.717, 1.165) is 0 Å². The molecule has 0 aliphatic rings. The maximum absolute atomic E-state index is 3.29. The molecule has 0 nitrogen and oxygen atoms in total. The molecule has 0 amide bonds. The molecule has 52 valence electrons. The molecule has 0 aliphatic carbocycles. The fourth-order valence-corrected chi connectivity index (χ4v) is 0. The zero-order valence-corrected chi connectivity index (χ0v) is 13.1. The van der Waals surface area contributed by atoms with Gasteiger partial charge in [0, 0.05) is 0 Å². The van der Waals surface area contributed by atoms with Crippen LogP contribution in [0.5, 0.6) is 0 Å². The molecule has 7 heavy (non-hydrogen) atoms. The van der Waals surface area contributed by atoms with Crippen LogP contribution in [0, 0.1) is 0 Å². The van der Waals surface area contributed by atoms with Crippen LogP contribution in [0.1, 0.15) is 0 Å². The van der Waals surface area contributed by atoms with Crippen molar-refractivity contribution in [2.24, 2.45) is 0 Å². The Morgan fingerprint density at radius 3 is 0.571 bits per heavy atom. The van der Waals surface area contributed by atoms with Crippen LogP contribution in [0.25, 0.3) is 0 Å². The normalized spacial score (nSPS) is 23.1. The number of hydrogen-bond acceptors (Lipinski definition) is 0. The van der Waals surface area contributed by atoms with Gasteiger partial charge in [-0.1, -0.05) is 0 Å². The molecule has 0 fully saturated rings. The third kappa shape index (κ3) is 44.8. The van der Waals surface area contributed by atoms with E-state index in [1.165, 1.54) is 0 Å². The third-order valence-electron chi connectivity index (χ3n) is 0. The molecule has 0 unspecified atom stereocenters. The molecule has 0 heterocycles. The van der Waals surface area contributed by atoms with E-state index in [4.69, 9.17) is 0 Å². The van der Waals surface area contributed by atoms with Gasteiger partial charge in [0.1, 0.15) is 0 Å². The monoisotopic (exact) mass is 531 g/mol. The van der Waals surface area contributed by atoms with Gasteiger partial charge in [-0.3, -0.25) is 0 Å². The van der Waals surface area contributed by atoms with Crippen LogP contribution < -0.4 is 0 Å². The standard InChI is InChI=1S/6BrH.Ni/h6*1H;/q;;;;;;+6/p-6. The van der Waals surface area contributed by atoms with Crippen molar-refractivity contribution in [3.63, 3.8) is 0 Å². The Bertz CT molecular complexity index is 62.7. The van der Waals surface area contributed by atoms with Crippen molar-refractivity contribution in [3.05, 3.63) is 0 Å². The molecular weight excluding hydrogens is 538 g/mol. The maximum atomic E-state index is 3.29. The first-order chi connectivity index (χ1) is 2.45. The first kappa shape index (κ1) is 10.4. The van der Waals surface area contributed by atoms with Crippen molar-refractivity contribution in [2.75, 3.05) is 0 Å². The van der Waals surface area contributed by atoms with E-state index >= 15 is 0 Å². The van der Waals surface area contributed by atoms with Crippen LogP contribution in [0.4, 0.5) is 0 Å². The van der Waals surface area contributed by atoms with E-state index in [2.05, 4.69) is 85.4 Å². The fraction of sp³-hybridized carbons (Fsp3) is 0. The summed E-state index contributed by atoms with van der Waals surface area (Å²) in [6.45, 7) is 0. The molecular formula is Br6Ni. The first-order valence-corrected chi connectivity index (χ1v) is 15.4. The molecule has 0 bridgehead atoms. The van der Waals surface area contributed by atoms with Crippen molar-refractivity contribution < 1.29 is -0.289 Å². The first-order valence-electron chi connectivity index (χ1n) is 0.717. The van der Waals surface area contributed by atoms with Crippen LogP contribution in [0.3, 0.4) is 0 Å². The number of halogens is 6. The summed E-state index contributed by atoms with van der Waals surface area (Å²) in [5, 5.41) is 0. The van der Waals surface area contributed by atoms with E-state index in [1.54, 1.807) is 0 Å². The number of hydrogen-bond donors (Lipinski definition) is 0. The predicted molar refractivity (Wildman–Crippen MR) is 53.6 cm³/mol. The van der Waals surface area contributed by atoms with Crippen LogP contribution in [-0.2, 0) is -0.289 Å². The summed E-state index contributed by atoms with van der Waals surface area (Å²) in [5.74, 6) is 0. The second-order valence-corrected chi connectivity index (χ2v) is 75.4. The molecule has 0 rings (SSSR count). The van der Waals surface area contributed by atoms with Crippen molar-refractivity contribution in [1.82, 2.24) is 0 Å². The Kier molecular flexibility index (Phi) is 2.89. The number of rotatable bonds is 0. The summed E-state index contributed by atoms with van der Waals surface area (Å²) >= 11 is 19.8. The van der Waals surface area contributed by atoms with Gasteiger partial charge in [-0.2, -0.15) is 0 Å². The van der Waals surface area contributed by atoms with E-state index in [1.807, 2.05) is 0 Å². The Morgan fingerprint density at radius 2 is 0.571 bits per heavy atom. The second-order valence-electron chi connectivity index (χ2n) is 0.678. The SMILES string of the molecule is [Br][Ni]([Br])([Br])([Br])([Br])[Br]. The van der Waals surface area contributed by atoms with Gasteiger partial charge in [-0.15, -0.1) is 0 Å². The summed E-state index contributed by atoms with van der Waals surface area (Å²) < 4.78 is -2.67. The Balaban J connectivity index is 4.43. The topological polar surface area (TPSA) is 0 Å². The van der Waals surface area contributed by atoms with Gasteiger partial charge in [0.05, 0.1) is 0 Å². The molecule has 0 radical (unpaired) electrons. The van der Waals surface area contributed by atoms with Gasteiger partial charge in [0.25, 0.3) is 0 Å². The molecule has 0 N–H and O–H groups in total. The zero-order valence-electron chi connectivity index (χ0n) is 2.58. The average Bonchev–Trinajstić information content (AvgIpc) is 0.592. The Hall–Kier alpha value is 3.37. The zero-order chi connectivity index (χ0) is 6.41. The second kappa shape index (κ2) is 1.95. The molecule has 0 aromatic carbocycles. The predicted octanol–water partition coefficient (Wildman–Crippen LogP) is 5.07. The quantitative estimate of drug-likeness (QED) is 0.378. The van der Waals surface area contributed by atoms with E-state index in [9.17, 15) is 0 Å². The summed E-state index contributed by atoms with van der Waals surface area (Å²) in [6.07, 6.45) is 0. The van der Waals surface area contributed by atoms with Crippen molar-refractivity contribution in [1.29, 1.82) is 0 Å². The van der Waals surface area contributed by atoms with Gasteiger partial charge in [0.2, 0.25) is 0 Å². The summed E-state index contributed by atoms with van der Waals surface area (Å²) in [4.78, 5) is 0. The van der Waals surface area contributed by atoms with Crippen LogP contribution in [-0.4, -0.2) is 0 Å². The van der Waals surface area contributed by atoms with Crippen LogP contribution in [0.2, 0.25) is 0 Å². The molecule has 0 atom stereocenters. The van der Waals surface area contributed by atoms with Gasteiger partial charge >= 0.3 is 85.1 Å². The molecule has 0 saturated carbocycles. The summed E-state index contributed by atoms with van der Waals surface area (Å²) in [6, 6.07) is 0. The average molecular weight is 538 g/mol. The van der Waals surface area contributed by atoms with E-state index < -0.39 is -0.289 Å². The summed E-state index contributed by atoms with van der Waals surface area (Å²) in [7, 11) is 0. The molecule has 0 saturated heterocycles. The third-order valence-corrected chi connectivity index (χ3v) is 0. The Morgan fingerprint density at radius 1 is 0.571 bits per heavy atom. The molecule has 0 aliphatic heterocycles. The molecule has 0 aromatic rings. The molecule has 0 aromatic heterocycles. The van der Waals surface area contributed by atoms with Gasteiger partial charge < -0.3 is 0 Å². The van der Waals surface area contributed by atoms with Crippen molar-refractivity contribution in [2.45, 2.75) is 0 Å². The van der Waals surface area contributed by atoms with E-state index in [-0.39, 0.29) is 0 Å². The summed E-state index contributed by atoms with van der Waals surface area (Å²) in [5.41, 5.74) is 0. The fourth-order valence-electron chi connectivity index (χ4n) is 0. The van der Waals surface area contributed by atoms with Gasteiger partial charge in [0.15, 0.2) is 0 Å².